The summed E-state index contributed by atoms with van der Waals surface area (Å²) in [4.78, 5) is 6.32. The summed E-state index contributed by atoms with van der Waals surface area (Å²) < 4.78 is 0. The van der Waals surface area contributed by atoms with E-state index in [1.165, 1.54) is 0 Å². The Labute approximate surface area is 149 Å². The molecular weight excluding hydrogens is 306 g/mol. The van der Waals surface area contributed by atoms with E-state index in [4.69, 9.17) is 5.73 Å². The van der Waals surface area contributed by atoms with E-state index in [-0.39, 0.29) is 0 Å². The van der Waals surface area contributed by atoms with Gasteiger partial charge in [0.1, 0.15) is 0 Å². The first-order valence-electron chi connectivity index (χ1n) is 7.30. The Morgan fingerprint density at radius 1 is 0.800 bits per heavy atom. The molecule has 0 unspecified atom stereocenters. The Morgan fingerprint density at radius 3 is 1.76 bits per heavy atom. The molecule has 3 heteroatoms. The van der Waals surface area contributed by atoms with E-state index in [1.807, 2.05) is 4.90 Å². The molecule has 0 radical (unpaired) electrons. The predicted molar refractivity (Wildman–Crippen MR) is 101 cm³/mol. The summed E-state index contributed by atoms with van der Waals surface area (Å²) in [6, 6.07) is 0. The van der Waals surface area contributed by atoms with Crippen molar-refractivity contribution in [2.24, 2.45) is 10.7 Å². The van der Waals surface area contributed by atoms with Crippen molar-refractivity contribution in [3.05, 3.63) is 0 Å². The lowest BCUT2D eigenvalue weighted by molar-refractivity contribution is 0.471. The van der Waals surface area contributed by atoms with Gasteiger partial charge in [-0.1, -0.05) is 5.92 Å². The minimum atomic E-state index is 0.575. The van der Waals surface area contributed by atoms with Gasteiger partial charge in [-0.05, 0) is 95.7 Å². The second-order valence-corrected chi connectivity index (χ2v) is 4.11. The van der Waals surface area contributed by atoms with E-state index < -0.39 is 0 Å². The quantitative estimate of drug-likeness (QED) is 0.711. The predicted octanol–water partition coefficient (Wildman–Crippen LogP) is -0.294. The molecule has 0 spiro atoms. The number of hydrogen-bond donors (Lipinski definition) is 1. The van der Waals surface area contributed by atoms with Crippen LogP contribution in [0.5, 0.6) is 0 Å². The standard InChI is InChI=1S/C22H13N3/c1-2-3-4-5-6-7-8-9-10-11-12-13-14-15-16-17-22-24-19-21-25(22)20-18-23/h18-21,23H2,1H3. The molecule has 25 heavy (non-hydrogen) atoms. The fraction of sp³-hybridized carbons (Fsp3) is 0.227. The summed E-state index contributed by atoms with van der Waals surface area (Å²) >= 11 is 0. The third-order valence-corrected chi connectivity index (χ3v) is 2.44. The van der Waals surface area contributed by atoms with Crippen molar-refractivity contribution in [2.75, 3.05) is 26.2 Å². The lowest BCUT2D eigenvalue weighted by Crippen LogP contribution is -2.31. The average Bonchev–Trinajstić information content (AvgIpc) is 3.06. The van der Waals surface area contributed by atoms with Crippen LogP contribution in [0.25, 0.3) is 0 Å². The molecule has 1 aliphatic heterocycles. The van der Waals surface area contributed by atoms with Gasteiger partial charge in [-0.15, -0.1) is 0 Å². The second-order valence-electron chi connectivity index (χ2n) is 4.11. The highest BCUT2D eigenvalue weighted by molar-refractivity contribution is 6.00. The van der Waals surface area contributed by atoms with Crippen LogP contribution < -0.4 is 5.73 Å². The molecule has 2 N–H and O–H groups in total. The first kappa shape index (κ1) is 19.0. The van der Waals surface area contributed by atoms with Gasteiger partial charge in [0.15, 0.2) is 5.84 Å². The lowest BCUT2D eigenvalue weighted by atomic mass is 10.4. The molecule has 0 aromatic carbocycles. The summed E-state index contributed by atoms with van der Waals surface area (Å²) in [5.74, 6) is 42.2. The Kier molecular flexibility index (Phi) is 10.3. The van der Waals surface area contributed by atoms with Crippen LogP contribution in [-0.4, -0.2) is 36.9 Å². The number of aliphatic imine (C=N–C) groups is 1. The Morgan fingerprint density at radius 2 is 1.28 bits per heavy atom. The zero-order chi connectivity index (χ0) is 18.0. The first-order valence-corrected chi connectivity index (χ1v) is 7.30. The zero-order valence-corrected chi connectivity index (χ0v) is 13.8. The van der Waals surface area contributed by atoms with Gasteiger partial charge >= 0.3 is 0 Å². The number of nitrogens with zero attached hydrogens (tertiary/aromatic N) is 2. The smallest absolute Gasteiger partial charge is 0.177 e. The molecule has 1 aliphatic rings. The summed E-state index contributed by atoms with van der Waals surface area (Å²) in [5.41, 5.74) is 5.52. The Balaban J connectivity index is 2.46. The van der Waals surface area contributed by atoms with E-state index in [9.17, 15) is 0 Å². The Hall–Kier alpha value is -4.09. The first-order chi connectivity index (χ1) is 12.4. The fourth-order valence-corrected chi connectivity index (χ4v) is 1.50. The molecule has 1 rings (SSSR count). The van der Waals surface area contributed by atoms with Crippen LogP contribution >= 0.6 is 0 Å². The highest BCUT2D eigenvalue weighted by Crippen LogP contribution is 1.98. The topological polar surface area (TPSA) is 41.6 Å². The summed E-state index contributed by atoms with van der Waals surface area (Å²) in [5, 5.41) is 0. The summed E-state index contributed by atoms with van der Waals surface area (Å²) in [6.07, 6.45) is 0. The van der Waals surface area contributed by atoms with E-state index in [0.29, 0.717) is 6.54 Å². The molecule has 0 bridgehead atoms. The molecule has 3 nitrogen and oxygen atoms in total. The number of rotatable bonds is 2. The highest BCUT2D eigenvalue weighted by Gasteiger charge is 2.12. The zero-order valence-electron chi connectivity index (χ0n) is 13.8. The normalized spacial score (nSPS) is 9.20. The van der Waals surface area contributed by atoms with E-state index >= 15 is 0 Å². The van der Waals surface area contributed by atoms with Gasteiger partial charge in [0.2, 0.25) is 0 Å². The van der Waals surface area contributed by atoms with Gasteiger partial charge < -0.3 is 10.6 Å². The van der Waals surface area contributed by atoms with Crippen LogP contribution in [0.4, 0.5) is 0 Å². The number of hydrogen-bond acceptors (Lipinski definition) is 3. The van der Waals surface area contributed by atoms with Crippen LogP contribution in [-0.2, 0) is 0 Å². The van der Waals surface area contributed by atoms with Crippen LogP contribution in [0.15, 0.2) is 4.99 Å². The van der Waals surface area contributed by atoms with Crippen molar-refractivity contribution in [1.82, 2.24) is 4.90 Å². The van der Waals surface area contributed by atoms with Gasteiger partial charge in [0.25, 0.3) is 0 Å². The van der Waals surface area contributed by atoms with Gasteiger partial charge in [-0.25, -0.2) is 0 Å². The molecule has 1 heterocycles. The highest BCUT2D eigenvalue weighted by atomic mass is 15.2. The second kappa shape index (κ2) is 13.6. The fourth-order valence-electron chi connectivity index (χ4n) is 1.50. The summed E-state index contributed by atoms with van der Waals surface area (Å²) in [7, 11) is 0. The lowest BCUT2D eigenvalue weighted by Gasteiger charge is -2.14. The molecule has 116 valence electrons. The van der Waals surface area contributed by atoms with Gasteiger partial charge in [0, 0.05) is 19.6 Å². The minimum absolute atomic E-state index is 0.575. The maximum Gasteiger partial charge on any atom is 0.177 e. The van der Waals surface area contributed by atoms with Crippen molar-refractivity contribution in [3.63, 3.8) is 0 Å². The van der Waals surface area contributed by atoms with Crippen LogP contribution in [0, 0.1) is 94.7 Å². The van der Waals surface area contributed by atoms with E-state index in [2.05, 4.69) is 99.7 Å². The number of amidine groups is 1. The van der Waals surface area contributed by atoms with Crippen molar-refractivity contribution >= 4 is 5.84 Å². The van der Waals surface area contributed by atoms with Crippen LogP contribution in [0.2, 0.25) is 0 Å². The van der Waals surface area contributed by atoms with Crippen LogP contribution in [0.1, 0.15) is 6.92 Å². The van der Waals surface area contributed by atoms with Crippen LogP contribution in [0.3, 0.4) is 0 Å². The molecule has 0 fully saturated rings. The van der Waals surface area contributed by atoms with E-state index in [0.717, 1.165) is 25.5 Å². The van der Waals surface area contributed by atoms with Gasteiger partial charge in [0.05, 0.1) is 6.54 Å². The molecule has 0 aromatic rings. The van der Waals surface area contributed by atoms with E-state index in [1.54, 1.807) is 6.92 Å². The monoisotopic (exact) mass is 319 g/mol. The van der Waals surface area contributed by atoms with Crippen molar-refractivity contribution in [2.45, 2.75) is 6.92 Å². The third-order valence-electron chi connectivity index (χ3n) is 2.44. The molecule has 0 aliphatic carbocycles. The van der Waals surface area contributed by atoms with Crippen molar-refractivity contribution < 1.29 is 0 Å². The molecule has 0 saturated heterocycles. The van der Waals surface area contributed by atoms with Gasteiger partial charge in [-0.3, -0.25) is 4.99 Å². The molecular formula is C22H13N3. The van der Waals surface area contributed by atoms with Crippen molar-refractivity contribution in [1.29, 1.82) is 0 Å². The maximum absolute atomic E-state index is 5.52. The Bertz CT molecular complexity index is 1010. The average molecular weight is 319 g/mol. The molecule has 0 aromatic heterocycles. The van der Waals surface area contributed by atoms with Gasteiger partial charge in [-0.2, -0.15) is 0 Å². The molecule has 0 atom stereocenters. The van der Waals surface area contributed by atoms with Crippen molar-refractivity contribution in [3.8, 4) is 94.7 Å². The summed E-state index contributed by atoms with van der Waals surface area (Å²) in [6.45, 7) is 4.64. The largest absolute Gasteiger partial charge is 0.347 e. The third kappa shape index (κ3) is 9.51. The molecule has 0 amide bonds. The maximum atomic E-state index is 5.52. The molecule has 0 saturated carbocycles. The minimum Gasteiger partial charge on any atom is -0.347 e. The SMILES string of the molecule is CC#CC#CC#CC#CC#CC#CC#CC#CC1=NCCN1CCN. The number of nitrogens with two attached hydrogens (primary N) is 1.